The molecular weight excluding hydrogens is 300 g/mol. The number of anilines is 2. The zero-order valence-corrected chi connectivity index (χ0v) is 14.6. The number of fused-ring (bicyclic) bond motifs is 2. The summed E-state index contributed by atoms with van der Waals surface area (Å²) in [5, 5.41) is 0. The molecule has 0 bridgehead atoms. The van der Waals surface area contributed by atoms with Crippen molar-refractivity contribution in [3.8, 4) is 0 Å². The van der Waals surface area contributed by atoms with Crippen molar-refractivity contribution in [2.45, 2.75) is 31.6 Å². The highest BCUT2D eigenvalue weighted by Crippen LogP contribution is 2.44. The van der Waals surface area contributed by atoms with Crippen molar-refractivity contribution < 1.29 is 9.21 Å². The van der Waals surface area contributed by atoms with Crippen LogP contribution in [0.15, 0.2) is 22.6 Å². The summed E-state index contributed by atoms with van der Waals surface area (Å²) < 4.78 is 5.71. The second kappa shape index (κ2) is 5.69. The van der Waals surface area contributed by atoms with E-state index in [0.717, 1.165) is 44.3 Å². The smallest absolute Gasteiger partial charge is 0.185 e. The van der Waals surface area contributed by atoms with Gasteiger partial charge in [-0.2, -0.15) is 0 Å². The van der Waals surface area contributed by atoms with E-state index in [1.54, 1.807) is 0 Å². The maximum absolute atomic E-state index is 11.1. The number of carbonyl (C=O) groups is 1. The van der Waals surface area contributed by atoms with Crippen molar-refractivity contribution in [3.63, 3.8) is 0 Å². The molecule has 126 valence electrons. The molecule has 0 saturated heterocycles. The highest BCUT2D eigenvalue weighted by atomic mass is 16.3. The van der Waals surface area contributed by atoms with E-state index in [9.17, 15) is 4.79 Å². The van der Waals surface area contributed by atoms with Crippen LogP contribution in [0.3, 0.4) is 0 Å². The van der Waals surface area contributed by atoms with E-state index in [-0.39, 0.29) is 0 Å². The minimum Gasteiger partial charge on any atom is -0.458 e. The predicted octanol–water partition coefficient (Wildman–Crippen LogP) is 3.62. The van der Waals surface area contributed by atoms with Gasteiger partial charge >= 0.3 is 0 Å². The fourth-order valence-corrected chi connectivity index (χ4v) is 4.26. The van der Waals surface area contributed by atoms with E-state index in [2.05, 4.69) is 43.1 Å². The third-order valence-electron chi connectivity index (χ3n) is 5.42. The largest absolute Gasteiger partial charge is 0.458 e. The number of aryl methyl sites for hydroxylation is 1. The molecule has 0 radical (unpaired) electrons. The molecule has 1 aromatic carbocycles. The van der Waals surface area contributed by atoms with Gasteiger partial charge in [0, 0.05) is 45.6 Å². The summed E-state index contributed by atoms with van der Waals surface area (Å²) in [6.45, 7) is 1.08. The van der Waals surface area contributed by atoms with Gasteiger partial charge in [0.05, 0.1) is 11.4 Å². The lowest BCUT2D eigenvalue weighted by molar-refractivity contribution is 0.109. The Morgan fingerprint density at radius 2 is 2.08 bits per heavy atom. The minimum atomic E-state index is 0.334. The van der Waals surface area contributed by atoms with Crippen LogP contribution in [0.4, 0.5) is 11.4 Å². The second-order valence-electron chi connectivity index (χ2n) is 7.20. The molecule has 1 aliphatic carbocycles. The Hall–Kier alpha value is -2.23. The third-order valence-corrected chi connectivity index (χ3v) is 5.42. The molecule has 0 fully saturated rings. The van der Waals surface area contributed by atoms with Gasteiger partial charge in [-0.15, -0.1) is 0 Å². The summed E-state index contributed by atoms with van der Waals surface area (Å²) in [5.74, 6) is 1.79. The number of hydrogen-bond donors (Lipinski definition) is 0. The molecule has 1 unspecified atom stereocenters. The Labute approximate surface area is 143 Å². The lowest BCUT2D eigenvalue weighted by atomic mass is 9.81. The molecule has 2 heterocycles. The summed E-state index contributed by atoms with van der Waals surface area (Å²) in [4.78, 5) is 15.7. The zero-order valence-electron chi connectivity index (χ0n) is 14.6. The topological polar surface area (TPSA) is 36.7 Å². The Kier molecular flexibility index (Phi) is 3.63. The molecule has 2 aliphatic rings. The summed E-state index contributed by atoms with van der Waals surface area (Å²) >= 11 is 0. The van der Waals surface area contributed by atoms with Crippen LogP contribution < -0.4 is 9.80 Å². The Morgan fingerprint density at radius 1 is 1.25 bits per heavy atom. The van der Waals surface area contributed by atoms with Crippen molar-refractivity contribution in [1.82, 2.24) is 0 Å². The normalized spacial score (nSPS) is 19.1. The lowest BCUT2D eigenvalue weighted by Crippen LogP contribution is -2.18. The number of carbonyl (C=O) groups excluding carboxylic acids is 1. The van der Waals surface area contributed by atoms with Crippen molar-refractivity contribution in [3.05, 3.63) is 46.4 Å². The van der Waals surface area contributed by atoms with E-state index >= 15 is 0 Å². The number of rotatable bonds is 3. The van der Waals surface area contributed by atoms with E-state index in [0.29, 0.717) is 11.7 Å². The molecule has 4 nitrogen and oxygen atoms in total. The van der Waals surface area contributed by atoms with Gasteiger partial charge in [-0.05, 0) is 42.5 Å². The number of likely N-dealkylation sites (N-methyl/N-ethyl adjacent to an activating group) is 1. The van der Waals surface area contributed by atoms with Crippen LogP contribution in [0.5, 0.6) is 0 Å². The molecule has 24 heavy (non-hydrogen) atoms. The number of nitrogens with zero attached hydrogens (tertiary/aromatic N) is 2. The van der Waals surface area contributed by atoms with Crippen molar-refractivity contribution in [1.29, 1.82) is 0 Å². The van der Waals surface area contributed by atoms with Gasteiger partial charge in [-0.3, -0.25) is 4.79 Å². The second-order valence-corrected chi connectivity index (χ2v) is 7.20. The molecule has 0 spiro atoms. The Bertz CT molecular complexity index is 791. The number of aldehydes is 1. The van der Waals surface area contributed by atoms with Crippen LogP contribution in [0, 0.1) is 0 Å². The summed E-state index contributed by atoms with van der Waals surface area (Å²) in [7, 11) is 6.39. The van der Waals surface area contributed by atoms with Crippen LogP contribution in [0.1, 0.15) is 51.8 Å². The molecule has 0 N–H and O–H groups in total. The first-order chi connectivity index (χ1) is 11.6. The molecule has 1 atom stereocenters. The standard InChI is InChI=1S/C20H24N2O2/c1-21(2)18-10-14(9-13-7-8-22(3)20(13)18)16-5-4-6-19-17(16)11-15(12-23)24-19/h9-12,16H,4-8H2,1-3H3. The average Bonchev–Trinajstić information content (AvgIpc) is 3.17. The Morgan fingerprint density at radius 3 is 2.83 bits per heavy atom. The number of benzene rings is 1. The molecule has 0 amide bonds. The van der Waals surface area contributed by atoms with Crippen LogP contribution in [0.2, 0.25) is 0 Å². The first-order valence-electron chi connectivity index (χ1n) is 8.71. The van der Waals surface area contributed by atoms with E-state index in [1.165, 1.54) is 28.1 Å². The van der Waals surface area contributed by atoms with Gasteiger partial charge < -0.3 is 14.2 Å². The summed E-state index contributed by atoms with van der Waals surface area (Å²) in [6, 6.07) is 6.65. The van der Waals surface area contributed by atoms with Gasteiger partial charge in [0.15, 0.2) is 12.0 Å². The maximum atomic E-state index is 11.1. The van der Waals surface area contributed by atoms with E-state index in [4.69, 9.17) is 4.42 Å². The molecule has 4 rings (SSSR count). The first kappa shape index (κ1) is 15.3. The Balaban J connectivity index is 1.83. The average molecular weight is 324 g/mol. The molecular formula is C20H24N2O2. The zero-order chi connectivity index (χ0) is 16.8. The molecule has 2 aromatic rings. The lowest BCUT2D eigenvalue weighted by Gasteiger charge is -2.27. The van der Waals surface area contributed by atoms with Gasteiger partial charge in [0.2, 0.25) is 0 Å². The molecule has 1 aromatic heterocycles. The summed E-state index contributed by atoms with van der Waals surface area (Å²) in [6.07, 6.45) is 5.08. The fourth-order valence-electron chi connectivity index (χ4n) is 4.26. The summed E-state index contributed by atoms with van der Waals surface area (Å²) in [5.41, 5.74) is 6.64. The van der Waals surface area contributed by atoms with Gasteiger partial charge in [0.1, 0.15) is 5.76 Å². The van der Waals surface area contributed by atoms with Crippen molar-refractivity contribution >= 4 is 17.7 Å². The maximum Gasteiger partial charge on any atom is 0.185 e. The minimum absolute atomic E-state index is 0.334. The SMILES string of the molecule is CN(C)c1cc(C2CCCc3oc(C=O)cc32)cc2c1N(C)CC2. The van der Waals surface area contributed by atoms with E-state index in [1.807, 2.05) is 6.07 Å². The van der Waals surface area contributed by atoms with Gasteiger partial charge in [0.25, 0.3) is 0 Å². The van der Waals surface area contributed by atoms with E-state index < -0.39 is 0 Å². The molecule has 4 heteroatoms. The monoisotopic (exact) mass is 324 g/mol. The predicted molar refractivity (Wildman–Crippen MR) is 96.6 cm³/mol. The third kappa shape index (κ3) is 2.32. The van der Waals surface area contributed by atoms with Crippen LogP contribution in [-0.4, -0.2) is 34.0 Å². The highest BCUT2D eigenvalue weighted by Gasteiger charge is 2.29. The van der Waals surface area contributed by atoms with Crippen LogP contribution in [0.25, 0.3) is 0 Å². The highest BCUT2D eigenvalue weighted by molar-refractivity contribution is 5.78. The van der Waals surface area contributed by atoms with Gasteiger partial charge in [-0.25, -0.2) is 0 Å². The number of hydrogen-bond acceptors (Lipinski definition) is 4. The van der Waals surface area contributed by atoms with Crippen molar-refractivity contribution in [2.75, 3.05) is 37.5 Å². The quantitative estimate of drug-likeness (QED) is 0.808. The van der Waals surface area contributed by atoms with Crippen LogP contribution in [-0.2, 0) is 12.8 Å². The number of furan rings is 1. The first-order valence-corrected chi connectivity index (χ1v) is 8.71. The molecule has 1 aliphatic heterocycles. The molecule has 0 saturated carbocycles. The van der Waals surface area contributed by atoms with Gasteiger partial charge in [-0.1, -0.05) is 6.07 Å². The fraction of sp³-hybridized carbons (Fsp3) is 0.450. The van der Waals surface area contributed by atoms with Crippen LogP contribution >= 0.6 is 0 Å². The van der Waals surface area contributed by atoms with Crippen molar-refractivity contribution in [2.24, 2.45) is 0 Å².